The van der Waals surface area contributed by atoms with Gasteiger partial charge in [-0.2, -0.15) is 0 Å². The van der Waals surface area contributed by atoms with Crippen molar-refractivity contribution in [3.05, 3.63) is 88.7 Å². The molecule has 3 aromatic heterocycles. The molecule has 326 valence electrons. The molecule has 0 unspecified atom stereocenters. The van der Waals surface area contributed by atoms with Gasteiger partial charge in [0.25, 0.3) is 0 Å². The van der Waals surface area contributed by atoms with Gasteiger partial charge in [-0.1, -0.05) is 132 Å². The van der Waals surface area contributed by atoms with Crippen molar-refractivity contribution >= 4 is 124 Å². The van der Waals surface area contributed by atoms with Gasteiger partial charge >= 0.3 is 24.4 Å². The molecule has 0 saturated heterocycles. The zero-order chi connectivity index (χ0) is 45.9. The molecule has 0 saturated carbocycles. The number of aromatic nitrogens is 8. The van der Waals surface area contributed by atoms with Gasteiger partial charge in [0.2, 0.25) is 0 Å². The molecule has 0 atom stereocenters. The predicted molar refractivity (Wildman–Crippen MR) is 275 cm³/mol. The Morgan fingerprint density at radius 3 is 1.10 bits per heavy atom. The van der Waals surface area contributed by atoms with E-state index in [4.69, 9.17) is 38.2 Å². The summed E-state index contributed by atoms with van der Waals surface area (Å²) in [5.74, 6) is 2.31. The van der Waals surface area contributed by atoms with Gasteiger partial charge in [0, 0.05) is 61.7 Å². The van der Waals surface area contributed by atoms with Crippen molar-refractivity contribution < 1.29 is 8.27 Å². The third-order valence-corrected chi connectivity index (χ3v) is 16.1. The third kappa shape index (κ3) is 7.86. The van der Waals surface area contributed by atoms with Crippen molar-refractivity contribution in [2.75, 3.05) is 0 Å². The van der Waals surface area contributed by atoms with E-state index in [1.165, 1.54) is 22.3 Å². The number of nitrogens with zero attached hydrogens (tertiary/aromatic N) is 6. The van der Waals surface area contributed by atoms with Crippen molar-refractivity contribution in [3.63, 3.8) is 0 Å². The molecule has 10 nitrogen and oxygen atoms in total. The van der Waals surface area contributed by atoms with E-state index in [0.29, 0.717) is 45.9 Å². The van der Waals surface area contributed by atoms with Crippen LogP contribution in [0, 0.1) is 0 Å². The van der Waals surface area contributed by atoms with Crippen LogP contribution < -0.4 is 0 Å². The van der Waals surface area contributed by atoms with Crippen molar-refractivity contribution in [1.82, 2.24) is 39.9 Å². The molecule has 0 fully saturated rings. The molecule has 4 N–H and O–H groups in total. The van der Waals surface area contributed by atoms with Crippen LogP contribution in [-0.4, -0.2) is 64.2 Å². The maximum atomic E-state index is 7.31. The Labute approximate surface area is 407 Å². The van der Waals surface area contributed by atoms with Crippen molar-refractivity contribution in [2.24, 2.45) is 0 Å². The summed E-state index contributed by atoms with van der Waals surface area (Å²) < 4.78 is 17.9. The fourth-order valence-electron chi connectivity index (χ4n) is 9.06. The molecular weight excluding hydrogens is 1110 g/mol. The van der Waals surface area contributed by atoms with Gasteiger partial charge in [0.1, 0.15) is 22.6 Å². The number of H-pyrrole nitrogens is 2. The molecule has 0 radical (unpaired) electrons. The number of hydrogen-bond acceptors (Lipinski definition) is 8. The van der Waals surface area contributed by atoms with Gasteiger partial charge in [-0.15, -0.1) is 0 Å². The number of benzene rings is 4. The number of nitrogens with one attached hydrogen (secondary N) is 2. The molecule has 0 amide bonds. The van der Waals surface area contributed by atoms with Crippen LogP contribution in [0.5, 0.6) is 0 Å². The molecule has 8 bridgehead atoms. The first-order valence-corrected chi connectivity index (χ1v) is 26.6. The summed E-state index contributed by atoms with van der Waals surface area (Å²) >= 11 is 13.7. The monoisotopic (exact) mass is 1160 g/mol. The number of halogens is 4. The average Bonchev–Trinajstić information content (AvgIpc) is 3.92. The summed E-state index contributed by atoms with van der Waals surface area (Å²) in [7, 11) is 0. The normalized spacial score (nSPS) is 13.0. The fraction of sp³-hybridized carbons (Fsp3) is 0.333. The summed E-state index contributed by atoms with van der Waals surface area (Å²) in [4.78, 5) is 39.6. The Bertz CT molecular complexity index is 3230. The van der Waals surface area contributed by atoms with Crippen molar-refractivity contribution in [3.8, 4) is 45.6 Å². The first-order valence-electron chi connectivity index (χ1n) is 20.7. The molecule has 9 rings (SSSR count). The molecule has 2 aliphatic heterocycles. The number of aromatic amines is 2. The average molecular weight is 1160 g/mol. The van der Waals surface area contributed by atoms with Crippen LogP contribution in [0.25, 0.3) is 89.7 Å². The molecule has 2 aliphatic rings. The minimum atomic E-state index is -1.88. The topological polar surface area (TPSA) is 149 Å². The van der Waals surface area contributed by atoms with Gasteiger partial charge < -0.3 is 9.97 Å². The van der Waals surface area contributed by atoms with Crippen LogP contribution in [0.2, 0.25) is 0 Å². The van der Waals surface area contributed by atoms with E-state index in [-0.39, 0.29) is 21.7 Å². The number of hydrogen-bond donors (Lipinski definition) is 4. The van der Waals surface area contributed by atoms with Gasteiger partial charge in [-0.3, -0.25) is 0 Å². The molecular formula is C48H50Br4GeN8O2. The van der Waals surface area contributed by atoms with E-state index in [9.17, 15) is 0 Å². The van der Waals surface area contributed by atoms with Crippen LogP contribution >= 0.6 is 63.7 Å². The Balaban J connectivity index is 0.00000177. The Kier molecular flexibility index (Phi) is 11.9. The van der Waals surface area contributed by atoms with E-state index in [1.807, 2.05) is 36.4 Å². The van der Waals surface area contributed by atoms with Crippen molar-refractivity contribution in [1.29, 1.82) is 0 Å². The zero-order valence-corrected chi connectivity index (χ0v) is 46.7. The summed E-state index contributed by atoms with van der Waals surface area (Å²) in [5.41, 5.74) is 10.4. The molecule has 15 heteroatoms. The number of fused-ring (bicyclic) bond motifs is 20. The van der Waals surface area contributed by atoms with Crippen LogP contribution in [0.3, 0.4) is 0 Å². The molecule has 7 aromatic rings. The summed E-state index contributed by atoms with van der Waals surface area (Å²) in [6, 6.07) is 16.3. The first kappa shape index (κ1) is 46.2. The van der Waals surface area contributed by atoms with Crippen LogP contribution in [-0.2, 0) is 21.7 Å². The predicted octanol–water partition coefficient (Wildman–Crippen LogP) is 13.1. The fourth-order valence-corrected chi connectivity index (χ4v) is 11.6. The van der Waals surface area contributed by atoms with Gasteiger partial charge in [0.05, 0.1) is 0 Å². The maximum absolute atomic E-state index is 7.31. The Hall–Kier alpha value is -3.38. The van der Waals surface area contributed by atoms with E-state index >= 15 is 0 Å². The number of rotatable bonds is 0. The molecule has 0 spiro atoms. The van der Waals surface area contributed by atoms with E-state index < -0.39 is 16.1 Å². The van der Waals surface area contributed by atoms with Crippen LogP contribution in [0.4, 0.5) is 0 Å². The first-order chi connectivity index (χ1) is 29.4. The van der Waals surface area contributed by atoms with Gasteiger partial charge in [0.15, 0.2) is 23.3 Å². The molecule has 63 heavy (non-hydrogen) atoms. The molecule has 4 aromatic carbocycles. The van der Waals surface area contributed by atoms with E-state index in [0.717, 1.165) is 61.7 Å². The van der Waals surface area contributed by atoms with E-state index in [1.54, 1.807) is 0 Å². The second kappa shape index (κ2) is 16.2. The molecule has 0 aliphatic carbocycles. The van der Waals surface area contributed by atoms with Gasteiger partial charge in [-0.25, -0.2) is 29.9 Å². The second-order valence-electron chi connectivity index (χ2n) is 20.1. The minimum absolute atomic E-state index is 0.220. The Morgan fingerprint density at radius 2 is 0.714 bits per heavy atom. The summed E-state index contributed by atoms with van der Waals surface area (Å²) in [5, 5.41) is 3.55. The van der Waals surface area contributed by atoms with Gasteiger partial charge in [-0.05, 0) is 108 Å². The quantitative estimate of drug-likeness (QED) is 0.0666. The summed E-state index contributed by atoms with van der Waals surface area (Å²) in [6.45, 7) is 27.9. The van der Waals surface area contributed by atoms with E-state index in [2.05, 4.69) is 169 Å². The second-order valence-corrected chi connectivity index (χ2v) is 23.9. The SMILES string of the molecule is CC(C)(C)c1c2c(c(C(C)(C)C)c(C(C)(C)C)c1C(C)(C)C)-c1nc-2nc2[nH]c(nc3nc(nc4[nH]c(n1)c1c(Br)c(Br)c(Br)c(Br)c41)-c1ccccc1-3)c1ccccc21.[OH][GeH2][OH]. The van der Waals surface area contributed by atoms with Crippen molar-refractivity contribution in [2.45, 2.75) is 105 Å². The summed E-state index contributed by atoms with van der Waals surface area (Å²) in [6.07, 6.45) is 0. The standard InChI is InChI=1S/C48H46Br4N8.GeH4O2/c1-45(2,3)29-25-26(30(46(4,5)6)32(48(10,11)12)31(29)47(7,8)9)42-58-41(25)56-39-23-19-15-13-17-21(23)37(54-39)53-38-22-18-14-16-20-24(22)40(55-38)57-43-27-28(44(59-42)60-43)34(50)36(52)35(51)33(27)49;2-1-3/h13-20H,1-12H3,(H2,53,54,55,56,57,58,59,60);2-3H,1H2. The third-order valence-electron chi connectivity index (χ3n) is 11.3. The Morgan fingerprint density at radius 1 is 0.413 bits per heavy atom. The zero-order valence-electron chi connectivity index (χ0n) is 37.4. The van der Waals surface area contributed by atoms with Crippen LogP contribution in [0.15, 0.2) is 66.4 Å². The van der Waals surface area contributed by atoms with Crippen LogP contribution in [0.1, 0.15) is 105 Å². The molecule has 5 heterocycles.